The average Bonchev–Trinajstić information content (AvgIpc) is 0.821. The Kier molecular flexibility index (Phi) is 38.5. The molecule has 6 N–H and O–H groups in total. The number of amides is 12. The summed E-state index contributed by atoms with van der Waals surface area (Å²) in [5.41, 5.74) is -0.599. The van der Waals surface area contributed by atoms with Gasteiger partial charge in [0.2, 0.25) is 65.1 Å². The van der Waals surface area contributed by atoms with Crippen molar-refractivity contribution in [2.75, 3.05) is 69.5 Å². The SMILES string of the molecule is CC[C@H](NC(=O)C(C[C@H](C)CCCCCCNC(=O)OC(C)(C)C)N(C)C(=O)CC(C)C)C(=O)N(C)[C@H](C(=O)OC)C(=O)N(C)[C@@H](CC(C)C)C(=O)N[C@H](C(=O)N(C)[C@@H](CC(C)C)C(=O)N[C@H](C)C(=O)NC(C)C(=O)N(C)[C@@H](CC(C)C)C(=O)N(C)CC(=O)NC)C(C)C. The molecule has 12 amide bonds. The number of carbonyl (C=O) groups excluding carboxylic acids is 13. The zero-order chi connectivity index (χ0) is 73.0. The highest BCUT2D eigenvalue weighted by Crippen LogP contribution is 2.23. The topological polar surface area (TPSA) is 332 Å². The Morgan fingerprint density at radius 1 is 0.479 bits per heavy atom. The number of ether oxygens (including phenoxy) is 2. The lowest BCUT2D eigenvalue weighted by atomic mass is 9.93. The van der Waals surface area contributed by atoms with Gasteiger partial charge < -0.3 is 70.8 Å². The number of esters is 1. The molecule has 0 saturated carbocycles. The molecule has 0 bridgehead atoms. The van der Waals surface area contributed by atoms with Crippen LogP contribution >= 0.6 is 0 Å². The molecule has 0 aliphatic carbocycles. The molecule has 27 nitrogen and oxygen atoms in total. The highest BCUT2D eigenvalue weighted by molar-refractivity contribution is 6.07. The highest BCUT2D eigenvalue weighted by atomic mass is 16.6. The number of rotatable bonds is 40. The Labute approximate surface area is 561 Å². The number of methoxy groups -OCH3 is 1. The van der Waals surface area contributed by atoms with Gasteiger partial charge in [-0.2, -0.15) is 0 Å². The number of nitrogens with one attached hydrogen (secondary N) is 6. The molecule has 0 aliphatic heterocycles. The van der Waals surface area contributed by atoms with Gasteiger partial charge in [0.05, 0.1) is 13.7 Å². The minimum Gasteiger partial charge on any atom is -0.467 e. The van der Waals surface area contributed by atoms with Crippen LogP contribution in [0, 0.1) is 35.5 Å². The van der Waals surface area contributed by atoms with Crippen LogP contribution in [0.1, 0.15) is 188 Å². The number of nitrogens with zero attached hydrogens (tertiary/aromatic N) is 6. The van der Waals surface area contributed by atoms with Crippen molar-refractivity contribution in [2.45, 2.75) is 248 Å². The Balaban J connectivity index is 6.71. The monoisotopic (exact) mass is 1330 g/mol. The summed E-state index contributed by atoms with van der Waals surface area (Å²) in [6.07, 6.45) is 4.40. The second-order valence-electron chi connectivity index (χ2n) is 28.3. The molecule has 0 saturated heterocycles. The van der Waals surface area contributed by atoms with E-state index in [0.29, 0.717) is 6.54 Å². The van der Waals surface area contributed by atoms with E-state index >= 15 is 0 Å². The third-order valence-corrected chi connectivity index (χ3v) is 16.2. The van der Waals surface area contributed by atoms with Crippen molar-refractivity contribution < 1.29 is 71.8 Å². The van der Waals surface area contributed by atoms with Crippen molar-refractivity contribution >= 4 is 77.0 Å². The van der Waals surface area contributed by atoms with E-state index in [1.807, 2.05) is 48.5 Å². The van der Waals surface area contributed by atoms with Crippen molar-refractivity contribution in [2.24, 2.45) is 35.5 Å². The first kappa shape index (κ1) is 86.9. The fourth-order valence-electron chi connectivity index (χ4n) is 10.6. The number of unbranched alkanes of at least 4 members (excludes halogenated alkanes) is 3. The molecule has 0 aromatic rings. The van der Waals surface area contributed by atoms with E-state index in [2.05, 4.69) is 31.9 Å². The lowest BCUT2D eigenvalue weighted by Gasteiger charge is -2.37. The van der Waals surface area contributed by atoms with E-state index in [0.717, 1.165) is 49.0 Å². The number of alkyl carbamates (subject to hydrolysis) is 1. The van der Waals surface area contributed by atoms with Crippen molar-refractivity contribution in [3.05, 3.63) is 0 Å². The molecule has 0 rings (SSSR count). The van der Waals surface area contributed by atoms with Gasteiger partial charge in [-0.25, -0.2) is 9.59 Å². The van der Waals surface area contributed by atoms with Crippen LogP contribution in [0.15, 0.2) is 0 Å². The largest absolute Gasteiger partial charge is 0.467 e. The first-order valence-corrected chi connectivity index (χ1v) is 33.4. The van der Waals surface area contributed by atoms with E-state index in [-0.39, 0.29) is 80.6 Å². The minimum atomic E-state index is -1.96. The summed E-state index contributed by atoms with van der Waals surface area (Å²) in [5, 5.41) is 16.1. The Bertz CT molecular complexity index is 2520. The highest BCUT2D eigenvalue weighted by Gasteiger charge is 2.44. The predicted molar refractivity (Wildman–Crippen MR) is 360 cm³/mol. The minimum absolute atomic E-state index is 0.00984. The summed E-state index contributed by atoms with van der Waals surface area (Å²) in [6.45, 7) is 30.3. The van der Waals surface area contributed by atoms with Crippen LogP contribution in [0.5, 0.6) is 0 Å². The van der Waals surface area contributed by atoms with Crippen LogP contribution in [-0.4, -0.2) is 236 Å². The Morgan fingerprint density at radius 2 is 0.947 bits per heavy atom. The molecular weight excluding hydrogens is 1210 g/mol. The maximum Gasteiger partial charge on any atom is 0.407 e. The molecule has 0 aromatic carbocycles. The van der Waals surface area contributed by atoms with Gasteiger partial charge in [-0.1, -0.05) is 109 Å². The van der Waals surface area contributed by atoms with Crippen LogP contribution in [0.2, 0.25) is 0 Å². The van der Waals surface area contributed by atoms with E-state index in [4.69, 9.17) is 9.47 Å². The van der Waals surface area contributed by atoms with Gasteiger partial charge >= 0.3 is 12.1 Å². The van der Waals surface area contributed by atoms with Gasteiger partial charge in [-0.15, -0.1) is 0 Å². The molecule has 27 heteroatoms. The van der Waals surface area contributed by atoms with Crippen LogP contribution in [-0.2, 0) is 67.0 Å². The number of carbonyl (C=O) groups is 13. The summed E-state index contributed by atoms with van der Waals surface area (Å²) < 4.78 is 10.4. The molecule has 540 valence electrons. The maximum absolute atomic E-state index is 14.8. The third kappa shape index (κ3) is 29.7. The van der Waals surface area contributed by atoms with E-state index in [1.54, 1.807) is 62.4 Å². The summed E-state index contributed by atoms with van der Waals surface area (Å²) in [4.78, 5) is 187. The van der Waals surface area contributed by atoms with Crippen molar-refractivity contribution in [1.29, 1.82) is 0 Å². The molecule has 0 aromatic heterocycles. The second kappa shape index (κ2) is 41.7. The fraction of sp³-hybridized carbons (Fsp3) is 0.806. The summed E-state index contributed by atoms with van der Waals surface area (Å²) in [7, 11) is 10.8. The molecule has 0 heterocycles. The molecule has 10 atom stereocenters. The normalized spacial score (nSPS) is 14.7. The van der Waals surface area contributed by atoms with Crippen molar-refractivity contribution in [3.8, 4) is 0 Å². The molecule has 0 fully saturated rings. The predicted octanol–water partition coefficient (Wildman–Crippen LogP) is 4.23. The quantitative estimate of drug-likeness (QED) is 0.0284. The van der Waals surface area contributed by atoms with E-state index in [9.17, 15) is 62.3 Å². The first-order valence-electron chi connectivity index (χ1n) is 33.4. The van der Waals surface area contributed by atoms with Crippen LogP contribution in [0.25, 0.3) is 0 Å². The lowest BCUT2D eigenvalue weighted by molar-refractivity contribution is -0.162. The molecule has 0 spiro atoms. The number of hydrogen-bond acceptors (Lipinski definition) is 15. The zero-order valence-electron chi connectivity index (χ0n) is 61.7. The first-order chi connectivity index (χ1) is 43.4. The standard InChI is InChI=1S/C67H122N12O15/c1-26-47(72-58(84)50(75(20)53(81)36-42(8)9)37-44(12)31-29-27-28-30-32-69-66(92)94-67(15,16)17)61(87)79(24)55(65(91)93-25)64(90)77(22)49(34-40(4)5)59(85)73-54(43(10)11)63(89)76(21)48(33-39(2)3)57(83)70-45(13)56(82)71-46(14)60(86)78(23)51(35-41(6)7)62(88)74(19)38-52(80)68-18/h39-51,54-55H,26-38H2,1-25H3,(H,68,80)(H,69,92)(H,70,83)(H,71,82)(H,72,84)(H,73,85)/t44-,45-,46?,47+,48+,49+,50?,51+,54+,55+/m1/s1. The van der Waals surface area contributed by atoms with E-state index < -0.39 is 137 Å². The number of likely N-dealkylation sites (N-methyl/N-ethyl adjacent to an activating group) is 7. The molecule has 94 heavy (non-hydrogen) atoms. The summed E-state index contributed by atoms with van der Waals surface area (Å²) >= 11 is 0. The third-order valence-electron chi connectivity index (χ3n) is 16.2. The van der Waals surface area contributed by atoms with Gasteiger partial charge in [0.25, 0.3) is 5.91 Å². The van der Waals surface area contributed by atoms with Crippen molar-refractivity contribution in [1.82, 2.24) is 61.3 Å². The number of hydrogen-bond donors (Lipinski definition) is 6. The second-order valence-corrected chi connectivity index (χ2v) is 28.3. The Morgan fingerprint density at radius 3 is 1.43 bits per heavy atom. The van der Waals surface area contributed by atoms with Crippen LogP contribution in [0.3, 0.4) is 0 Å². The lowest BCUT2D eigenvalue weighted by Crippen LogP contribution is -2.62. The molecular formula is C67H122N12O15. The smallest absolute Gasteiger partial charge is 0.407 e. The van der Waals surface area contributed by atoms with Gasteiger partial charge in [-0.05, 0) is 109 Å². The summed E-state index contributed by atoms with van der Waals surface area (Å²) in [6, 6.07) is -11.4. The van der Waals surface area contributed by atoms with Gasteiger partial charge in [0.15, 0.2) is 0 Å². The fourth-order valence-corrected chi connectivity index (χ4v) is 10.6. The molecule has 0 aliphatic rings. The van der Waals surface area contributed by atoms with Crippen LogP contribution in [0.4, 0.5) is 4.79 Å². The zero-order valence-corrected chi connectivity index (χ0v) is 61.7. The van der Waals surface area contributed by atoms with E-state index in [1.165, 1.54) is 75.7 Å². The van der Waals surface area contributed by atoms with Gasteiger partial charge in [0, 0.05) is 62.3 Å². The molecule has 2 unspecified atom stereocenters. The summed E-state index contributed by atoms with van der Waals surface area (Å²) in [5.74, 6) is -9.30. The average molecular weight is 1340 g/mol. The van der Waals surface area contributed by atoms with Crippen LogP contribution < -0.4 is 31.9 Å². The van der Waals surface area contributed by atoms with Gasteiger partial charge in [0.1, 0.15) is 53.9 Å². The Hall–Kier alpha value is -7.09. The van der Waals surface area contributed by atoms with Crippen molar-refractivity contribution in [3.63, 3.8) is 0 Å². The molecule has 0 radical (unpaired) electrons. The van der Waals surface area contributed by atoms with Gasteiger partial charge in [-0.3, -0.25) is 52.7 Å². The maximum atomic E-state index is 14.8.